The maximum Gasteiger partial charge on any atom is 0.244 e. The third kappa shape index (κ3) is 2.88. The number of para-hydroxylation sites is 2. The van der Waals surface area contributed by atoms with Crippen LogP contribution in [0.15, 0.2) is 24.3 Å². The number of carbonyl (C=O) groups is 2. The molecule has 0 saturated carbocycles. The van der Waals surface area contributed by atoms with Crippen molar-refractivity contribution in [1.29, 1.82) is 0 Å². The van der Waals surface area contributed by atoms with E-state index < -0.39 is 0 Å². The van der Waals surface area contributed by atoms with E-state index in [-0.39, 0.29) is 24.0 Å². The SMILES string of the molecule is CC(=O)N1CCC(N2CC3CC2C(=O)N(C)c2ccccc2O3)CC1. The Bertz CT molecular complexity index is 684. The highest BCUT2D eigenvalue weighted by Gasteiger charge is 2.45. The summed E-state index contributed by atoms with van der Waals surface area (Å²) in [6.45, 7) is 3.96. The van der Waals surface area contributed by atoms with Gasteiger partial charge < -0.3 is 14.5 Å². The van der Waals surface area contributed by atoms with Gasteiger partial charge in [-0.1, -0.05) is 12.1 Å². The van der Waals surface area contributed by atoms with Gasteiger partial charge in [0.15, 0.2) is 0 Å². The quantitative estimate of drug-likeness (QED) is 0.775. The van der Waals surface area contributed by atoms with Crippen LogP contribution < -0.4 is 9.64 Å². The van der Waals surface area contributed by atoms with Gasteiger partial charge in [-0.25, -0.2) is 0 Å². The summed E-state index contributed by atoms with van der Waals surface area (Å²) in [7, 11) is 1.83. The summed E-state index contributed by atoms with van der Waals surface area (Å²) in [4.78, 5) is 30.6. The summed E-state index contributed by atoms with van der Waals surface area (Å²) in [5.41, 5.74) is 0.843. The van der Waals surface area contributed by atoms with Crippen LogP contribution in [0.2, 0.25) is 0 Å². The number of piperidine rings is 1. The number of ether oxygens (including phenoxy) is 1. The van der Waals surface area contributed by atoms with Crippen LogP contribution in [0.3, 0.4) is 0 Å². The van der Waals surface area contributed by atoms with Crippen LogP contribution in [0, 0.1) is 0 Å². The number of hydrogen-bond donors (Lipinski definition) is 0. The molecule has 2 amide bonds. The molecule has 6 heteroatoms. The summed E-state index contributed by atoms with van der Waals surface area (Å²) in [6.07, 6.45) is 2.64. The molecule has 0 aliphatic carbocycles. The van der Waals surface area contributed by atoms with Crippen LogP contribution in [-0.4, -0.2) is 66.5 Å². The predicted octanol–water partition coefficient (Wildman–Crippen LogP) is 1.50. The van der Waals surface area contributed by atoms with Gasteiger partial charge in [0.2, 0.25) is 11.8 Å². The molecular formula is C19H25N3O3. The number of carbonyl (C=O) groups excluding carboxylic acids is 2. The lowest BCUT2D eigenvalue weighted by Gasteiger charge is -2.39. The van der Waals surface area contributed by atoms with E-state index in [2.05, 4.69) is 4.90 Å². The second-order valence-electron chi connectivity index (χ2n) is 7.29. The van der Waals surface area contributed by atoms with Gasteiger partial charge in [0.25, 0.3) is 0 Å². The lowest BCUT2D eigenvalue weighted by atomic mass is 10.0. The monoisotopic (exact) mass is 343 g/mol. The first-order chi connectivity index (χ1) is 12.0. The smallest absolute Gasteiger partial charge is 0.244 e. The molecule has 2 fully saturated rings. The maximum absolute atomic E-state index is 13.1. The molecule has 0 N–H and O–H groups in total. The van der Waals surface area contributed by atoms with Crippen molar-refractivity contribution in [3.63, 3.8) is 0 Å². The number of likely N-dealkylation sites (N-methyl/N-ethyl adjacent to an activating group) is 1. The van der Waals surface area contributed by atoms with Gasteiger partial charge in [-0.05, 0) is 25.0 Å². The number of rotatable bonds is 1. The second-order valence-corrected chi connectivity index (χ2v) is 7.29. The fourth-order valence-electron chi connectivity index (χ4n) is 4.42. The van der Waals surface area contributed by atoms with Gasteiger partial charge in [-0.3, -0.25) is 14.5 Å². The minimum atomic E-state index is -0.128. The van der Waals surface area contributed by atoms with Gasteiger partial charge in [0, 0.05) is 46.1 Å². The first-order valence-corrected chi connectivity index (χ1v) is 9.09. The molecule has 6 nitrogen and oxygen atoms in total. The van der Waals surface area contributed by atoms with E-state index in [1.54, 1.807) is 11.8 Å². The van der Waals surface area contributed by atoms with Crippen molar-refractivity contribution in [2.75, 3.05) is 31.6 Å². The molecule has 0 aromatic heterocycles. The number of nitrogens with zero attached hydrogens (tertiary/aromatic N) is 3. The first kappa shape index (κ1) is 16.4. The van der Waals surface area contributed by atoms with Crippen molar-refractivity contribution in [2.45, 2.75) is 44.4 Å². The molecule has 25 heavy (non-hydrogen) atoms. The third-order valence-corrected chi connectivity index (χ3v) is 5.82. The summed E-state index contributed by atoms with van der Waals surface area (Å²) in [5.74, 6) is 1.07. The molecule has 2 atom stereocenters. The molecule has 134 valence electrons. The van der Waals surface area contributed by atoms with Crippen LogP contribution in [0.5, 0.6) is 5.75 Å². The molecule has 4 rings (SSSR count). The standard InChI is InChI=1S/C19H25N3O3/c1-13(23)21-9-7-14(8-10-21)22-12-15-11-17(22)19(24)20(2)16-5-3-4-6-18(16)25-15/h3-6,14-15,17H,7-12H2,1-2H3. The number of amides is 2. The minimum Gasteiger partial charge on any atom is -0.487 e. The van der Waals surface area contributed by atoms with Crippen LogP contribution in [-0.2, 0) is 9.59 Å². The highest BCUT2D eigenvalue weighted by Crippen LogP contribution is 2.37. The van der Waals surface area contributed by atoms with Crippen LogP contribution in [0.25, 0.3) is 0 Å². The Labute approximate surface area is 148 Å². The zero-order valence-electron chi connectivity index (χ0n) is 14.9. The van der Waals surface area contributed by atoms with E-state index in [1.165, 1.54) is 0 Å². The Morgan fingerprint density at radius 3 is 2.64 bits per heavy atom. The number of anilines is 1. The molecule has 1 aromatic carbocycles. The Kier molecular flexibility index (Phi) is 4.15. The number of benzene rings is 1. The summed E-state index contributed by atoms with van der Waals surface area (Å²) in [5, 5.41) is 0. The maximum atomic E-state index is 13.1. The van der Waals surface area contributed by atoms with Gasteiger partial charge in [0.05, 0.1) is 11.7 Å². The van der Waals surface area contributed by atoms with E-state index >= 15 is 0 Å². The lowest BCUT2D eigenvalue weighted by Crippen LogP contribution is -2.52. The fourth-order valence-corrected chi connectivity index (χ4v) is 4.42. The first-order valence-electron chi connectivity index (χ1n) is 9.09. The number of fused-ring (bicyclic) bond motifs is 3. The van der Waals surface area contributed by atoms with Crippen molar-refractivity contribution in [1.82, 2.24) is 9.80 Å². The third-order valence-electron chi connectivity index (χ3n) is 5.82. The average Bonchev–Trinajstić information content (AvgIpc) is 3.05. The number of hydrogen-bond acceptors (Lipinski definition) is 4. The van der Waals surface area contributed by atoms with Crippen LogP contribution >= 0.6 is 0 Å². The van der Waals surface area contributed by atoms with Crippen molar-refractivity contribution in [3.05, 3.63) is 24.3 Å². The Balaban J connectivity index is 1.55. The molecule has 3 aliphatic rings. The normalized spacial score (nSPS) is 27.5. The Morgan fingerprint density at radius 2 is 1.92 bits per heavy atom. The molecule has 2 bridgehead atoms. The highest BCUT2D eigenvalue weighted by atomic mass is 16.5. The molecule has 0 spiro atoms. The number of likely N-dealkylation sites (tertiary alicyclic amines) is 2. The van der Waals surface area contributed by atoms with Crippen molar-refractivity contribution in [2.24, 2.45) is 0 Å². The van der Waals surface area contributed by atoms with E-state index in [0.717, 1.165) is 50.3 Å². The van der Waals surface area contributed by atoms with Crippen molar-refractivity contribution < 1.29 is 14.3 Å². The fraction of sp³-hybridized carbons (Fsp3) is 0.579. The van der Waals surface area contributed by atoms with E-state index in [9.17, 15) is 9.59 Å². The zero-order chi connectivity index (χ0) is 17.6. The summed E-state index contributed by atoms with van der Waals surface area (Å²) >= 11 is 0. The van der Waals surface area contributed by atoms with Crippen LogP contribution in [0.4, 0.5) is 5.69 Å². The highest BCUT2D eigenvalue weighted by molar-refractivity contribution is 5.98. The zero-order valence-corrected chi connectivity index (χ0v) is 14.9. The van der Waals surface area contributed by atoms with Gasteiger partial charge in [0.1, 0.15) is 11.9 Å². The largest absolute Gasteiger partial charge is 0.487 e. The Hall–Kier alpha value is -2.08. The van der Waals surface area contributed by atoms with Gasteiger partial charge in [-0.15, -0.1) is 0 Å². The molecule has 3 aliphatic heterocycles. The minimum absolute atomic E-state index is 0.0506. The molecule has 3 heterocycles. The molecule has 1 aromatic rings. The predicted molar refractivity (Wildman–Crippen MR) is 94.7 cm³/mol. The van der Waals surface area contributed by atoms with Crippen LogP contribution in [0.1, 0.15) is 26.2 Å². The Morgan fingerprint density at radius 1 is 1.20 bits per heavy atom. The topological polar surface area (TPSA) is 53.1 Å². The van der Waals surface area contributed by atoms with Gasteiger partial charge in [-0.2, -0.15) is 0 Å². The molecule has 2 unspecified atom stereocenters. The van der Waals surface area contributed by atoms with Gasteiger partial charge >= 0.3 is 0 Å². The molecule has 0 radical (unpaired) electrons. The van der Waals surface area contributed by atoms with Crippen molar-refractivity contribution in [3.8, 4) is 5.75 Å². The molecular weight excluding hydrogens is 318 g/mol. The van der Waals surface area contributed by atoms with Crippen molar-refractivity contribution >= 4 is 17.5 Å². The van der Waals surface area contributed by atoms with E-state index in [4.69, 9.17) is 4.74 Å². The summed E-state index contributed by atoms with van der Waals surface area (Å²) in [6, 6.07) is 7.97. The average molecular weight is 343 g/mol. The molecule has 2 saturated heterocycles. The second kappa shape index (κ2) is 6.33. The lowest BCUT2D eigenvalue weighted by molar-refractivity contribution is -0.131. The van der Waals surface area contributed by atoms with E-state index in [0.29, 0.717) is 6.04 Å². The summed E-state index contributed by atoms with van der Waals surface area (Å²) < 4.78 is 6.23. The van der Waals surface area contributed by atoms with E-state index in [1.807, 2.05) is 36.2 Å².